The number of thiazole rings is 1. The van der Waals surface area contributed by atoms with E-state index in [1.54, 1.807) is 41.0 Å². The average molecular weight is 540 g/mol. The highest BCUT2D eigenvalue weighted by Gasteiger charge is 2.21. The van der Waals surface area contributed by atoms with Crippen LogP contribution in [0.25, 0.3) is 10.2 Å². The molecule has 0 radical (unpaired) electrons. The number of carbonyl (C=O) groups excluding carboxylic acids is 2. The normalized spacial score (nSPS) is 13.1. The van der Waals surface area contributed by atoms with E-state index >= 15 is 0 Å². The molecule has 0 saturated heterocycles. The van der Waals surface area contributed by atoms with Crippen molar-refractivity contribution in [3.8, 4) is 11.5 Å². The first-order chi connectivity index (χ1) is 17.7. The molecule has 1 aliphatic heterocycles. The quantitative estimate of drug-likeness (QED) is 0.372. The van der Waals surface area contributed by atoms with Crippen LogP contribution in [0.1, 0.15) is 15.9 Å². The Kier molecular flexibility index (Phi) is 6.44. The highest BCUT2D eigenvalue weighted by atomic mass is 32.2. The third-order valence-corrected chi connectivity index (χ3v) is 8.04. The molecule has 3 aromatic carbocycles. The SMILES string of the molecule is COC(=O)Cn1c(=NC(=O)c2ccccc2NS(=O)(=O)c2ccc(C)cc2)sc2cc3c(cc21)OCO3. The summed E-state index contributed by atoms with van der Waals surface area (Å²) < 4.78 is 46.3. The molecule has 1 aromatic heterocycles. The minimum Gasteiger partial charge on any atom is -0.468 e. The van der Waals surface area contributed by atoms with Gasteiger partial charge in [-0.15, -0.1) is 0 Å². The number of anilines is 1. The van der Waals surface area contributed by atoms with Gasteiger partial charge in [-0.2, -0.15) is 4.99 Å². The Bertz CT molecular complexity index is 1700. The molecule has 2 heterocycles. The topological polar surface area (TPSA) is 125 Å². The molecule has 0 aliphatic carbocycles. The summed E-state index contributed by atoms with van der Waals surface area (Å²) in [6, 6.07) is 16.0. The Morgan fingerprint density at radius 3 is 2.51 bits per heavy atom. The number of fused-ring (bicyclic) bond motifs is 2. The lowest BCUT2D eigenvalue weighted by Crippen LogP contribution is -2.22. The lowest BCUT2D eigenvalue weighted by atomic mass is 10.2. The lowest BCUT2D eigenvalue weighted by molar-refractivity contribution is -0.141. The van der Waals surface area contributed by atoms with E-state index in [-0.39, 0.29) is 34.3 Å². The maximum Gasteiger partial charge on any atom is 0.325 e. The second kappa shape index (κ2) is 9.71. The van der Waals surface area contributed by atoms with Crippen LogP contribution in [0, 0.1) is 6.92 Å². The van der Waals surface area contributed by atoms with Crippen LogP contribution < -0.4 is 19.0 Å². The van der Waals surface area contributed by atoms with Gasteiger partial charge in [0.25, 0.3) is 15.9 Å². The van der Waals surface area contributed by atoms with E-state index in [0.29, 0.717) is 21.7 Å². The summed E-state index contributed by atoms with van der Waals surface area (Å²) >= 11 is 1.18. The molecule has 37 heavy (non-hydrogen) atoms. The van der Waals surface area contributed by atoms with Crippen LogP contribution in [-0.2, 0) is 26.1 Å². The number of sulfonamides is 1. The Balaban J connectivity index is 1.56. The predicted octanol–water partition coefficient (Wildman–Crippen LogP) is 3.45. The Morgan fingerprint density at radius 1 is 1.08 bits per heavy atom. The number of esters is 1. The van der Waals surface area contributed by atoms with E-state index in [0.717, 1.165) is 5.56 Å². The van der Waals surface area contributed by atoms with Crippen LogP contribution in [0.4, 0.5) is 5.69 Å². The molecule has 1 aliphatic rings. The minimum absolute atomic E-state index is 0.0504. The van der Waals surface area contributed by atoms with Gasteiger partial charge in [0.05, 0.1) is 33.5 Å². The van der Waals surface area contributed by atoms with E-state index in [1.165, 1.54) is 42.7 Å². The maximum absolute atomic E-state index is 13.3. The molecule has 0 fully saturated rings. The zero-order valence-electron chi connectivity index (χ0n) is 19.8. The molecular formula is C25H21N3O7S2. The van der Waals surface area contributed by atoms with Crippen molar-refractivity contribution in [2.75, 3.05) is 18.6 Å². The van der Waals surface area contributed by atoms with Gasteiger partial charge < -0.3 is 18.8 Å². The molecule has 0 saturated carbocycles. The summed E-state index contributed by atoms with van der Waals surface area (Å²) in [4.78, 5) is 30.0. The molecule has 1 N–H and O–H groups in total. The maximum atomic E-state index is 13.3. The smallest absolute Gasteiger partial charge is 0.325 e. The van der Waals surface area contributed by atoms with Gasteiger partial charge in [-0.25, -0.2) is 8.42 Å². The number of carbonyl (C=O) groups is 2. The summed E-state index contributed by atoms with van der Waals surface area (Å²) in [5.74, 6) is -0.157. The summed E-state index contributed by atoms with van der Waals surface area (Å²) in [7, 11) is -2.68. The number of aromatic nitrogens is 1. The van der Waals surface area contributed by atoms with Gasteiger partial charge in [-0.3, -0.25) is 14.3 Å². The molecular weight excluding hydrogens is 518 g/mol. The molecule has 0 bridgehead atoms. The number of ether oxygens (including phenoxy) is 3. The van der Waals surface area contributed by atoms with Gasteiger partial charge >= 0.3 is 5.97 Å². The molecule has 0 unspecified atom stereocenters. The number of amides is 1. The zero-order valence-corrected chi connectivity index (χ0v) is 21.4. The van der Waals surface area contributed by atoms with Crippen molar-refractivity contribution in [3.63, 3.8) is 0 Å². The highest BCUT2D eigenvalue weighted by molar-refractivity contribution is 7.92. The standard InChI is InChI=1S/C25H21N3O7S2/c1-15-7-9-16(10-8-15)37(31,32)27-18-6-4-3-5-17(18)24(30)26-25-28(13-23(29)33-2)19-11-20-21(35-14-34-20)12-22(19)36-25/h3-12,27H,13-14H2,1-2H3. The molecule has 1 amide bonds. The van der Waals surface area contributed by atoms with E-state index in [1.807, 2.05) is 6.92 Å². The molecule has 190 valence electrons. The van der Waals surface area contributed by atoms with Crippen molar-refractivity contribution >= 4 is 49.1 Å². The van der Waals surface area contributed by atoms with Crippen molar-refractivity contribution in [3.05, 3.63) is 76.6 Å². The fourth-order valence-electron chi connectivity index (χ4n) is 3.72. The van der Waals surface area contributed by atoms with Crippen molar-refractivity contribution in [1.82, 2.24) is 4.57 Å². The molecule has 0 spiro atoms. The van der Waals surface area contributed by atoms with Gasteiger partial charge in [0.2, 0.25) is 6.79 Å². The van der Waals surface area contributed by atoms with Crippen molar-refractivity contribution < 1.29 is 32.2 Å². The summed E-state index contributed by atoms with van der Waals surface area (Å²) in [6.07, 6.45) is 0. The first-order valence-electron chi connectivity index (χ1n) is 11.0. The number of hydrogen-bond donors (Lipinski definition) is 1. The van der Waals surface area contributed by atoms with Crippen LogP contribution in [0.15, 0.2) is 70.6 Å². The number of para-hydroxylation sites is 1. The number of nitrogens with one attached hydrogen (secondary N) is 1. The third kappa shape index (κ3) is 4.93. The van der Waals surface area contributed by atoms with Crippen LogP contribution >= 0.6 is 11.3 Å². The summed E-state index contributed by atoms with van der Waals surface area (Å²) in [6.45, 7) is 1.76. The minimum atomic E-state index is -3.95. The Labute approximate surface area is 215 Å². The number of nitrogens with zero attached hydrogens (tertiary/aromatic N) is 2. The summed E-state index contributed by atoms with van der Waals surface area (Å²) in [5.41, 5.74) is 1.66. The number of methoxy groups -OCH3 is 1. The van der Waals surface area contributed by atoms with Gasteiger partial charge in [0.15, 0.2) is 16.3 Å². The van der Waals surface area contributed by atoms with E-state index in [4.69, 9.17) is 14.2 Å². The fraction of sp³-hybridized carbons (Fsp3) is 0.160. The van der Waals surface area contributed by atoms with Gasteiger partial charge in [0, 0.05) is 12.1 Å². The molecule has 0 atom stereocenters. The second-order valence-electron chi connectivity index (χ2n) is 8.10. The number of benzene rings is 3. The van der Waals surface area contributed by atoms with Crippen LogP contribution in [-0.4, -0.2) is 38.8 Å². The third-order valence-electron chi connectivity index (χ3n) is 5.62. The Hall–Kier alpha value is -4.16. The lowest BCUT2D eigenvalue weighted by Gasteiger charge is -2.11. The van der Waals surface area contributed by atoms with E-state index in [2.05, 4.69) is 9.71 Å². The fourth-order valence-corrected chi connectivity index (χ4v) is 5.84. The van der Waals surface area contributed by atoms with Crippen LogP contribution in [0.5, 0.6) is 11.5 Å². The van der Waals surface area contributed by atoms with E-state index in [9.17, 15) is 18.0 Å². The molecule has 12 heteroatoms. The second-order valence-corrected chi connectivity index (χ2v) is 10.8. The van der Waals surface area contributed by atoms with Crippen molar-refractivity contribution in [2.45, 2.75) is 18.4 Å². The number of aryl methyl sites for hydroxylation is 1. The Morgan fingerprint density at radius 2 is 1.78 bits per heavy atom. The summed E-state index contributed by atoms with van der Waals surface area (Å²) in [5, 5.41) is 0. The first-order valence-corrected chi connectivity index (χ1v) is 13.3. The van der Waals surface area contributed by atoms with Gasteiger partial charge in [0.1, 0.15) is 6.54 Å². The monoisotopic (exact) mass is 539 g/mol. The highest BCUT2D eigenvalue weighted by Crippen LogP contribution is 2.37. The van der Waals surface area contributed by atoms with Gasteiger partial charge in [-0.05, 0) is 31.2 Å². The average Bonchev–Trinajstić information content (AvgIpc) is 3.46. The molecule has 5 rings (SSSR count). The molecule has 4 aromatic rings. The number of rotatable bonds is 6. The predicted molar refractivity (Wildman–Crippen MR) is 136 cm³/mol. The van der Waals surface area contributed by atoms with Gasteiger partial charge in [-0.1, -0.05) is 41.2 Å². The van der Waals surface area contributed by atoms with Crippen LogP contribution in [0.2, 0.25) is 0 Å². The van der Waals surface area contributed by atoms with Crippen molar-refractivity contribution in [2.24, 2.45) is 4.99 Å². The van der Waals surface area contributed by atoms with Crippen LogP contribution in [0.3, 0.4) is 0 Å². The number of hydrogen-bond acceptors (Lipinski definition) is 8. The largest absolute Gasteiger partial charge is 0.468 e. The van der Waals surface area contributed by atoms with Crippen molar-refractivity contribution in [1.29, 1.82) is 0 Å². The van der Waals surface area contributed by atoms with E-state index < -0.39 is 21.9 Å². The first kappa shape index (κ1) is 24.5. The zero-order chi connectivity index (χ0) is 26.2. The molecule has 10 nitrogen and oxygen atoms in total.